The summed E-state index contributed by atoms with van der Waals surface area (Å²) in [5.74, 6) is 0.963. The van der Waals surface area contributed by atoms with Crippen LogP contribution in [0.1, 0.15) is 36.1 Å². The maximum atomic E-state index is 13.9. The molecule has 25 heavy (non-hydrogen) atoms. The van der Waals surface area contributed by atoms with E-state index in [-0.39, 0.29) is 11.2 Å². The summed E-state index contributed by atoms with van der Waals surface area (Å²) in [6, 6.07) is 9.63. The molecule has 0 spiro atoms. The zero-order valence-electron chi connectivity index (χ0n) is 15.5. The Morgan fingerprint density at radius 2 is 1.72 bits per heavy atom. The van der Waals surface area contributed by atoms with Crippen molar-refractivity contribution >= 4 is 0 Å². The summed E-state index contributed by atoms with van der Waals surface area (Å²) in [4.78, 5) is 0. The lowest BCUT2D eigenvalue weighted by Gasteiger charge is -2.30. The van der Waals surface area contributed by atoms with Crippen molar-refractivity contribution in [2.24, 2.45) is 0 Å². The predicted octanol–water partition coefficient (Wildman–Crippen LogP) is 4.79. The molecule has 2 nitrogen and oxygen atoms in total. The van der Waals surface area contributed by atoms with Gasteiger partial charge in [0.15, 0.2) is 0 Å². The molecule has 1 aliphatic rings. The van der Waals surface area contributed by atoms with E-state index in [9.17, 15) is 4.39 Å². The highest BCUT2D eigenvalue weighted by Gasteiger charge is 2.38. The van der Waals surface area contributed by atoms with Gasteiger partial charge in [-0.05, 0) is 55.7 Å². The molecular formula is C22H24FN2+. The monoisotopic (exact) mass is 335 g/mol. The fourth-order valence-corrected chi connectivity index (χ4v) is 4.35. The van der Waals surface area contributed by atoms with Gasteiger partial charge < -0.3 is 0 Å². The van der Waals surface area contributed by atoms with Gasteiger partial charge in [0.05, 0.1) is 12.1 Å². The largest absolute Gasteiger partial charge is 0.294 e. The van der Waals surface area contributed by atoms with Crippen LogP contribution in [0.25, 0.3) is 17.1 Å². The summed E-state index contributed by atoms with van der Waals surface area (Å²) in [7, 11) is 0. The highest BCUT2D eigenvalue weighted by molar-refractivity contribution is 5.65. The number of imidazole rings is 1. The Labute approximate surface area is 148 Å². The quantitative estimate of drug-likeness (QED) is 0.566. The SMILES string of the molecule is Cc1cc(C)c(-n2cc[n+]3c2-c2ccc(F)cc2C(C)(C)C3)c(C)c1. The van der Waals surface area contributed by atoms with Crippen molar-refractivity contribution in [3.05, 3.63) is 70.8 Å². The summed E-state index contributed by atoms with van der Waals surface area (Å²) >= 11 is 0. The van der Waals surface area contributed by atoms with Crippen LogP contribution < -0.4 is 4.57 Å². The maximum Gasteiger partial charge on any atom is 0.294 e. The molecule has 0 saturated carbocycles. The van der Waals surface area contributed by atoms with Crippen molar-refractivity contribution in [2.75, 3.05) is 0 Å². The molecule has 128 valence electrons. The van der Waals surface area contributed by atoms with E-state index in [2.05, 4.69) is 68.3 Å². The first-order chi connectivity index (χ1) is 11.8. The molecule has 2 aromatic carbocycles. The van der Waals surface area contributed by atoms with Gasteiger partial charge in [-0.2, -0.15) is 4.57 Å². The van der Waals surface area contributed by atoms with E-state index in [1.165, 1.54) is 22.4 Å². The number of hydrogen-bond donors (Lipinski definition) is 0. The molecule has 3 aromatic rings. The summed E-state index contributed by atoms with van der Waals surface area (Å²) in [6.45, 7) is 11.7. The molecule has 3 heteroatoms. The molecule has 0 atom stereocenters. The lowest BCUT2D eigenvalue weighted by molar-refractivity contribution is -0.695. The Kier molecular flexibility index (Phi) is 3.40. The summed E-state index contributed by atoms with van der Waals surface area (Å²) in [6.07, 6.45) is 4.27. The molecule has 0 amide bonds. The van der Waals surface area contributed by atoms with Gasteiger partial charge >= 0.3 is 0 Å². The molecule has 0 bridgehead atoms. The third kappa shape index (κ3) is 2.41. The summed E-state index contributed by atoms with van der Waals surface area (Å²) < 4.78 is 18.5. The number of aryl methyl sites for hydroxylation is 3. The van der Waals surface area contributed by atoms with Crippen LogP contribution in [0.3, 0.4) is 0 Å². The minimum absolute atomic E-state index is 0.0986. The standard InChI is InChI=1S/C22H24FN2/c1-14-10-15(2)20(16(3)11-14)25-9-8-24-13-22(4,5)19-12-17(23)6-7-18(19)21(24)25/h6-12H,13H2,1-5H3/q+1. The third-order valence-electron chi connectivity index (χ3n) is 5.29. The number of benzene rings is 2. The van der Waals surface area contributed by atoms with Crippen LogP contribution in [0.15, 0.2) is 42.7 Å². The van der Waals surface area contributed by atoms with Crippen LogP contribution >= 0.6 is 0 Å². The van der Waals surface area contributed by atoms with E-state index in [0.717, 1.165) is 23.5 Å². The van der Waals surface area contributed by atoms with Crippen LogP contribution in [-0.4, -0.2) is 4.57 Å². The number of aromatic nitrogens is 2. The van der Waals surface area contributed by atoms with Crippen molar-refractivity contribution < 1.29 is 8.96 Å². The molecule has 2 heterocycles. The maximum absolute atomic E-state index is 13.9. The zero-order chi connectivity index (χ0) is 17.9. The zero-order valence-corrected chi connectivity index (χ0v) is 15.5. The molecule has 4 rings (SSSR count). The normalized spacial score (nSPS) is 15.0. The second kappa shape index (κ2) is 5.29. The van der Waals surface area contributed by atoms with Crippen LogP contribution in [-0.2, 0) is 12.0 Å². The van der Waals surface area contributed by atoms with Gasteiger partial charge in [-0.15, -0.1) is 0 Å². The van der Waals surface area contributed by atoms with Crippen LogP contribution in [0.4, 0.5) is 4.39 Å². The van der Waals surface area contributed by atoms with Crippen LogP contribution in [0, 0.1) is 26.6 Å². The molecule has 0 N–H and O–H groups in total. The van der Waals surface area contributed by atoms with Crippen molar-refractivity contribution in [3.63, 3.8) is 0 Å². The van der Waals surface area contributed by atoms with Crippen molar-refractivity contribution in [3.8, 4) is 17.1 Å². The number of nitrogens with zero attached hydrogens (tertiary/aromatic N) is 2. The molecule has 0 unspecified atom stereocenters. The predicted molar refractivity (Wildman–Crippen MR) is 98.6 cm³/mol. The highest BCUT2D eigenvalue weighted by Crippen LogP contribution is 2.38. The smallest absolute Gasteiger partial charge is 0.229 e. The average Bonchev–Trinajstić information content (AvgIpc) is 2.89. The fraction of sp³-hybridized carbons (Fsp3) is 0.318. The van der Waals surface area contributed by atoms with Crippen LogP contribution in [0.5, 0.6) is 0 Å². The van der Waals surface area contributed by atoms with Gasteiger partial charge in [0.2, 0.25) is 0 Å². The number of halogens is 1. The second-order valence-electron chi connectivity index (χ2n) is 7.94. The molecule has 0 saturated heterocycles. The lowest BCUT2D eigenvalue weighted by atomic mass is 9.79. The van der Waals surface area contributed by atoms with E-state index in [1.54, 1.807) is 12.1 Å². The number of rotatable bonds is 1. The van der Waals surface area contributed by atoms with E-state index >= 15 is 0 Å². The first-order valence-electron chi connectivity index (χ1n) is 8.77. The van der Waals surface area contributed by atoms with Gasteiger partial charge in [0.25, 0.3) is 5.82 Å². The lowest BCUT2D eigenvalue weighted by Crippen LogP contribution is -2.47. The highest BCUT2D eigenvalue weighted by atomic mass is 19.1. The topological polar surface area (TPSA) is 8.81 Å². The number of hydrogen-bond acceptors (Lipinski definition) is 0. The Morgan fingerprint density at radius 3 is 2.40 bits per heavy atom. The van der Waals surface area contributed by atoms with Crippen LogP contribution in [0.2, 0.25) is 0 Å². The first kappa shape index (κ1) is 16.1. The molecule has 1 aliphatic heterocycles. The summed E-state index contributed by atoms with van der Waals surface area (Å²) in [5, 5.41) is 0. The Balaban J connectivity index is 2.02. The van der Waals surface area contributed by atoms with Gasteiger partial charge in [-0.1, -0.05) is 31.5 Å². The minimum atomic E-state index is -0.166. The molecular weight excluding hydrogens is 311 g/mol. The third-order valence-corrected chi connectivity index (χ3v) is 5.29. The summed E-state index contributed by atoms with van der Waals surface area (Å²) in [5.41, 5.74) is 7.09. The molecule has 0 radical (unpaired) electrons. The van der Waals surface area contributed by atoms with E-state index in [4.69, 9.17) is 0 Å². The average molecular weight is 335 g/mol. The number of fused-ring (bicyclic) bond motifs is 3. The molecule has 0 aliphatic carbocycles. The van der Waals surface area contributed by atoms with Gasteiger partial charge in [-0.3, -0.25) is 0 Å². The van der Waals surface area contributed by atoms with E-state index < -0.39 is 0 Å². The van der Waals surface area contributed by atoms with Gasteiger partial charge in [-0.25, -0.2) is 8.96 Å². The van der Waals surface area contributed by atoms with E-state index in [1.807, 2.05) is 6.07 Å². The minimum Gasteiger partial charge on any atom is -0.229 e. The van der Waals surface area contributed by atoms with Crippen molar-refractivity contribution in [1.82, 2.24) is 4.57 Å². The molecule has 0 fully saturated rings. The Bertz CT molecular complexity index is 972. The van der Waals surface area contributed by atoms with Crippen molar-refractivity contribution in [1.29, 1.82) is 0 Å². The molecule has 1 aromatic heterocycles. The van der Waals surface area contributed by atoms with Crippen molar-refractivity contribution in [2.45, 2.75) is 46.6 Å². The Hall–Kier alpha value is -2.42. The van der Waals surface area contributed by atoms with E-state index in [0.29, 0.717) is 0 Å². The fourth-order valence-electron chi connectivity index (χ4n) is 4.35. The van der Waals surface area contributed by atoms with Gasteiger partial charge in [0.1, 0.15) is 23.9 Å². The Morgan fingerprint density at radius 1 is 1.04 bits per heavy atom. The van der Waals surface area contributed by atoms with Gasteiger partial charge in [0, 0.05) is 5.41 Å². The second-order valence-corrected chi connectivity index (χ2v) is 7.94. The first-order valence-corrected chi connectivity index (χ1v) is 8.77.